The predicted molar refractivity (Wildman–Crippen MR) is 116 cm³/mol. The van der Waals surface area contributed by atoms with Crippen LogP contribution in [0.1, 0.15) is 15.9 Å². The van der Waals surface area contributed by atoms with Crippen LogP contribution in [0.5, 0.6) is 11.5 Å². The molecule has 0 amide bonds. The maximum Gasteiger partial charge on any atom is 0.218 e. The van der Waals surface area contributed by atoms with E-state index in [1.54, 1.807) is 25.3 Å². The summed E-state index contributed by atoms with van der Waals surface area (Å²) in [6.45, 7) is 0.313. The van der Waals surface area contributed by atoms with Gasteiger partial charge in [-0.15, -0.1) is 0 Å². The number of anilines is 1. The molecule has 4 heterocycles. The Hall–Kier alpha value is -3.16. The highest BCUT2D eigenvalue weighted by Crippen LogP contribution is 2.51. The predicted octanol–water partition coefficient (Wildman–Crippen LogP) is 2.73. The van der Waals surface area contributed by atoms with E-state index in [1.807, 2.05) is 36.4 Å². The molecule has 2 aromatic carbocycles. The summed E-state index contributed by atoms with van der Waals surface area (Å²) in [7, 11) is 3.11. The van der Waals surface area contributed by atoms with Gasteiger partial charge in [0.25, 0.3) is 0 Å². The fraction of sp³-hybridized carbons (Fsp3) is 0.360. The Morgan fingerprint density at radius 3 is 2.78 bits per heavy atom. The van der Waals surface area contributed by atoms with Gasteiger partial charge in [-0.25, -0.2) is 0 Å². The quantitative estimate of drug-likeness (QED) is 0.687. The van der Waals surface area contributed by atoms with Crippen molar-refractivity contribution in [2.45, 2.75) is 24.5 Å². The van der Waals surface area contributed by atoms with Crippen LogP contribution in [-0.2, 0) is 14.3 Å². The van der Waals surface area contributed by atoms with Crippen LogP contribution in [-0.4, -0.2) is 56.9 Å². The minimum atomic E-state index is -0.835. The van der Waals surface area contributed by atoms with Crippen molar-refractivity contribution in [3.63, 3.8) is 0 Å². The van der Waals surface area contributed by atoms with Crippen LogP contribution in [0, 0.1) is 11.8 Å². The van der Waals surface area contributed by atoms with Crippen LogP contribution >= 0.6 is 0 Å². The van der Waals surface area contributed by atoms with Crippen LogP contribution in [0.15, 0.2) is 48.5 Å². The summed E-state index contributed by atoms with van der Waals surface area (Å²) in [5, 5.41) is 0. The molecule has 7 heteroatoms. The molecule has 0 aliphatic carbocycles. The number of Topliss-reactive ketones (excluding diaryl/α,β-unsaturated/α-hetero) is 2. The molecule has 7 nitrogen and oxygen atoms in total. The summed E-state index contributed by atoms with van der Waals surface area (Å²) < 4.78 is 22.4. The topological polar surface area (TPSA) is 74.3 Å². The van der Waals surface area contributed by atoms with E-state index < -0.39 is 12.3 Å². The molecule has 3 fully saturated rings. The largest absolute Gasteiger partial charge is 0.497 e. The molecular weight excluding hydrogens is 410 g/mol. The normalized spacial score (nSPS) is 31.7. The minimum absolute atomic E-state index is 0.0835. The van der Waals surface area contributed by atoms with E-state index in [0.29, 0.717) is 23.7 Å². The van der Waals surface area contributed by atoms with Gasteiger partial charge in [-0.05, 0) is 23.8 Å². The van der Waals surface area contributed by atoms with E-state index in [4.69, 9.17) is 18.9 Å². The third-order valence-electron chi connectivity index (χ3n) is 7.10. The summed E-state index contributed by atoms with van der Waals surface area (Å²) in [5.41, 5.74) is 2.43. The van der Waals surface area contributed by atoms with E-state index in [1.165, 1.54) is 7.11 Å². The Morgan fingerprint density at radius 1 is 1.12 bits per heavy atom. The van der Waals surface area contributed by atoms with Gasteiger partial charge >= 0.3 is 0 Å². The molecule has 2 aromatic rings. The molecule has 6 rings (SSSR count). The van der Waals surface area contributed by atoms with Gasteiger partial charge in [0.15, 0.2) is 11.6 Å². The smallest absolute Gasteiger partial charge is 0.218 e. The lowest BCUT2D eigenvalue weighted by atomic mass is 9.77. The van der Waals surface area contributed by atoms with Crippen molar-refractivity contribution in [3.8, 4) is 11.5 Å². The second kappa shape index (κ2) is 7.18. The first-order chi connectivity index (χ1) is 15.6. The number of benzene rings is 2. The summed E-state index contributed by atoms with van der Waals surface area (Å²) >= 11 is 0. The number of ether oxygens (including phenoxy) is 4. The fourth-order valence-corrected chi connectivity index (χ4v) is 5.74. The average molecular weight is 433 g/mol. The van der Waals surface area contributed by atoms with Crippen LogP contribution in [0.25, 0.3) is 6.08 Å². The molecule has 4 aliphatic rings. The first-order valence-corrected chi connectivity index (χ1v) is 10.7. The summed E-state index contributed by atoms with van der Waals surface area (Å²) in [6, 6.07) is 12.3. The zero-order valence-corrected chi connectivity index (χ0v) is 17.8. The molecule has 4 aliphatic heterocycles. The van der Waals surface area contributed by atoms with E-state index in [9.17, 15) is 9.59 Å². The molecule has 164 valence electrons. The van der Waals surface area contributed by atoms with Gasteiger partial charge in [0.2, 0.25) is 6.29 Å². The third kappa shape index (κ3) is 2.61. The van der Waals surface area contributed by atoms with E-state index in [0.717, 1.165) is 11.3 Å². The van der Waals surface area contributed by atoms with Crippen LogP contribution in [0.2, 0.25) is 0 Å². The highest BCUT2D eigenvalue weighted by atomic mass is 16.7. The number of para-hydroxylation sites is 1. The maximum atomic E-state index is 14.1. The summed E-state index contributed by atoms with van der Waals surface area (Å²) in [4.78, 5) is 29.5. The number of ketones is 2. The Bertz CT molecular complexity index is 1140. The molecule has 0 aromatic heterocycles. The van der Waals surface area contributed by atoms with E-state index in [-0.39, 0.29) is 35.5 Å². The number of methoxy groups -OCH3 is 2. The van der Waals surface area contributed by atoms with Crippen molar-refractivity contribution < 1.29 is 28.5 Å². The lowest BCUT2D eigenvalue weighted by Gasteiger charge is -2.35. The van der Waals surface area contributed by atoms with Gasteiger partial charge in [-0.1, -0.05) is 30.4 Å². The molecule has 3 saturated heterocycles. The molecular formula is C25H23NO6. The number of hydrogen-bond acceptors (Lipinski definition) is 7. The molecule has 0 saturated carbocycles. The van der Waals surface area contributed by atoms with Gasteiger partial charge in [0.1, 0.15) is 11.5 Å². The summed E-state index contributed by atoms with van der Waals surface area (Å²) in [6.07, 6.45) is 2.94. The standard InChI is InChI=1S/C25H23NO6/c1-29-14-8-9-15(18(11-14)30-2)23(27)22-21-19-12-31-25(32-19)24(28)20(21)17-10-7-13-5-3-4-6-16(13)26(17)22/h3-11,17,19-22,25H,12H2,1-2H3/t17-,19-,20-,21-,22+,25+/m0/s1. The molecule has 0 spiro atoms. The van der Waals surface area contributed by atoms with Crippen molar-refractivity contribution in [3.05, 3.63) is 59.7 Å². The van der Waals surface area contributed by atoms with Crippen LogP contribution in [0.4, 0.5) is 5.69 Å². The number of carbonyl (C=O) groups is 2. The van der Waals surface area contributed by atoms with Gasteiger partial charge in [0.05, 0.1) is 50.5 Å². The number of carbonyl (C=O) groups excluding carboxylic acids is 2. The van der Waals surface area contributed by atoms with Gasteiger partial charge in [-0.3, -0.25) is 9.59 Å². The fourth-order valence-electron chi connectivity index (χ4n) is 5.74. The Morgan fingerprint density at radius 2 is 1.97 bits per heavy atom. The SMILES string of the molecule is COc1ccc(C(=O)[C@H]2[C@@H]3[C@@H](C(=O)[C@@H]4OC[C@@H]3O4)[C@@H]3C=Cc4ccccc4N32)c(OC)c1. The van der Waals surface area contributed by atoms with E-state index in [2.05, 4.69) is 4.90 Å². The van der Waals surface area contributed by atoms with Crippen molar-refractivity contribution >= 4 is 23.3 Å². The molecule has 0 radical (unpaired) electrons. The number of nitrogens with zero attached hydrogens (tertiary/aromatic N) is 1. The Kier molecular flexibility index (Phi) is 4.38. The third-order valence-corrected chi connectivity index (χ3v) is 7.10. The van der Waals surface area contributed by atoms with Gasteiger partial charge < -0.3 is 23.8 Å². The zero-order chi connectivity index (χ0) is 22.0. The van der Waals surface area contributed by atoms with Crippen molar-refractivity contribution in [2.75, 3.05) is 25.7 Å². The molecule has 32 heavy (non-hydrogen) atoms. The second-order valence-electron chi connectivity index (χ2n) is 8.54. The molecule has 2 bridgehead atoms. The van der Waals surface area contributed by atoms with Crippen molar-refractivity contribution in [2.24, 2.45) is 11.8 Å². The first kappa shape index (κ1) is 19.5. The van der Waals surface area contributed by atoms with E-state index >= 15 is 0 Å². The number of fused-ring (bicyclic) bond motifs is 8. The minimum Gasteiger partial charge on any atom is -0.497 e. The Labute approximate surface area is 185 Å². The van der Waals surface area contributed by atoms with Crippen LogP contribution in [0.3, 0.4) is 0 Å². The molecule has 0 N–H and O–H groups in total. The van der Waals surface area contributed by atoms with Gasteiger partial charge in [0, 0.05) is 17.7 Å². The molecule has 6 atom stereocenters. The number of hydrogen-bond donors (Lipinski definition) is 0. The lowest BCUT2D eigenvalue weighted by molar-refractivity contribution is -0.163. The van der Waals surface area contributed by atoms with Gasteiger partial charge in [-0.2, -0.15) is 0 Å². The average Bonchev–Trinajstić information content (AvgIpc) is 3.43. The lowest BCUT2D eigenvalue weighted by Crippen LogP contribution is -2.48. The second-order valence-corrected chi connectivity index (χ2v) is 8.54. The first-order valence-electron chi connectivity index (χ1n) is 10.7. The highest BCUT2D eigenvalue weighted by Gasteiger charge is 2.63. The monoisotopic (exact) mass is 433 g/mol. The summed E-state index contributed by atoms with van der Waals surface area (Å²) in [5.74, 6) is 0.174. The Balaban J connectivity index is 1.51. The van der Waals surface area contributed by atoms with Crippen molar-refractivity contribution in [1.29, 1.82) is 0 Å². The van der Waals surface area contributed by atoms with Crippen molar-refractivity contribution in [1.82, 2.24) is 0 Å². The zero-order valence-electron chi connectivity index (χ0n) is 17.8. The molecule has 0 unspecified atom stereocenters. The highest BCUT2D eigenvalue weighted by molar-refractivity contribution is 6.07. The number of rotatable bonds is 4. The van der Waals surface area contributed by atoms with Crippen LogP contribution < -0.4 is 14.4 Å². The maximum absolute atomic E-state index is 14.1.